The van der Waals surface area contributed by atoms with Gasteiger partial charge in [-0.15, -0.1) is 0 Å². The summed E-state index contributed by atoms with van der Waals surface area (Å²) in [7, 11) is 1.54. The summed E-state index contributed by atoms with van der Waals surface area (Å²) in [5, 5.41) is 3.09. The van der Waals surface area contributed by atoms with Crippen LogP contribution in [0.5, 0.6) is 5.75 Å². The summed E-state index contributed by atoms with van der Waals surface area (Å²) in [6.07, 6.45) is 1.72. The molecule has 2 heterocycles. The zero-order valence-corrected chi connectivity index (χ0v) is 20.7. The summed E-state index contributed by atoms with van der Waals surface area (Å²) >= 11 is 0. The lowest BCUT2D eigenvalue weighted by atomic mass is 9.94. The van der Waals surface area contributed by atoms with Crippen LogP contribution in [0.25, 0.3) is 5.70 Å². The first-order chi connectivity index (χ1) is 17.2. The van der Waals surface area contributed by atoms with Crippen LogP contribution in [0.15, 0.2) is 35.8 Å². The first-order valence-corrected chi connectivity index (χ1v) is 11.6. The fourth-order valence-electron chi connectivity index (χ4n) is 3.81. The Hall–Kier alpha value is -3.66. The molecule has 0 aliphatic carbocycles. The van der Waals surface area contributed by atoms with E-state index in [1.807, 2.05) is 0 Å². The van der Waals surface area contributed by atoms with E-state index >= 15 is 0 Å². The fraction of sp³-hybridized carbons (Fsp3) is 0.423. The Bertz CT molecular complexity index is 1190. The van der Waals surface area contributed by atoms with Gasteiger partial charge in [-0.3, -0.25) is 9.59 Å². The van der Waals surface area contributed by atoms with Crippen LogP contribution < -0.4 is 15.5 Å². The molecular formula is C26H31FN2O7. The molecule has 1 N–H and O–H groups in total. The fourth-order valence-corrected chi connectivity index (χ4v) is 3.81. The molecule has 1 atom stereocenters. The smallest absolute Gasteiger partial charge is 0.451 e. The molecule has 0 saturated heterocycles. The van der Waals surface area contributed by atoms with Crippen LogP contribution >= 0.6 is 0 Å². The maximum absolute atomic E-state index is 13.4. The van der Waals surface area contributed by atoms with E-state index in [4.69, 9.17) is 18.9 Å². The predicted octanol–water partition coefficient (Wildman–Crippen LogP) is 3.80. The van der Waals surface area contributed by atoms with Crippen molar-refractivity contribution in [2.75, 3.05) is 27.1 Å². The second-order valence-electron chi connectivity index (χ2n) is 8.55. The summed E-state index contributed by atoms with van der Waals surface area (Å²) in [5.74, 6) is -1.06. The Morgan fingerprint density at radius 1 is 1.25 bits per heavy atom. The Balaban J connectivity index is 1.78. The van der Waals surface area contributed by atoms with Gasteiger partial charge >= 0.3 is 6.16 Å². The van der Waals surface area contributed by atoms with Crippen LogP contribution in [0.2, 0.25) is 0 Å². The van der Waals surface area contributed by atoms with Crippen molar-refractivity contribution in [2.24, 2.45) is 5.92 Å². The molecular weight excluding hydrogens is 471 g/mol. The number of hydrogen-bond donors (Lipinski definition) is 1. The van der Waals surface area contributed by atoms with Gasteiger partial charge in [-0.2, -0.15) is 0 Å². The van der Waals surface area contributed by atoms with Crippen molar-refractivity contribution >= 4 is 17.6 Å². The molecule has 0 amide bonds. The highest BCUT2D eigenvalue weighted by Gasteiger charge is 2.30. The predicted molar refractivity (Wildman–Crippen MR) is 130 cm³/mol. The van der Waals surface area contributed by atoms with Crippen LogP contribution in [0.1, 0.15) is 46.9 Å². The topological polar surface area (TPSA) is 105 Å². The maximum Gasteiger partial charge on any atom is 0.511 e. The van der Waals surface area contributed by atoms with Crippen LogP contribution in [-0.2, 0) is 27.3 Å². The molecule has 194 valence electrons. The number of ether oxygens (including phenoxy) is 4. The van der Waals surface area contributed by atoms with Crippen LogP contribution in [0, 0.1) is 18.7 Å². The van der Waals surface area contributed by atoms with Gasteiger partial charge in [0.05, 0.1) is 12.2 Å². The number of benzene rings is 1. The Morgan fingerprint density at radius 3 is 2.75 bits per heavy atom. The Kier molecular flexibility index (Phi) is 9.24. The van der Waals surface area contributed by atoms with Gasteiger partial charge < -0.3 is 28.8 Å². The minimum Gasteiger partial charge on any atom is -0.451 e. The lowest BCUT2D eigenvalue weighted by Crippen LogP contribution is -2.32. The third kappa shape index (κ3) is 6.51. The van der Waals surface area contributed by atoms with Crippen molar-refractivity contribution in [1.29, 1.82) is 0 Å². The molecule has 10 heteroatoms. The largest absolute Gasteiger partial charge is 0.511 e. The standard InChI is InChI=1S/C26H31FN2O7/c1-16-8-9-29-14-21(18(3)28-13-19-6-7-20(27)12-17(19)2)24(31)25(22(29)23(16)30)35-15-36-26(32)34-11-5-10-33-4/h6-7,12,14,16,28H,3,5,8-11,13,15H2,1-2,4H3. The molecule has 2 aromatic rings. The number of ketones is 1. The molecule has 1 aromatic heterocycles. The Labute approximate surface area is 208 Å². The number of aryl methyl sites for hydroxylation is 2. The normalized spacial score (nSPS) is 14.7. The maximum atomic E-state index is 13.4. The highest BCUT2D eigenvalue weighted by molar-refractivity contribution is 5.99. The van der Waals surface area contributed by atoms with E-state index in [-0.39, 0.29) is 41.1 Å². The van der Waals surface area contributed by atoms with Gasteiger partial charge in [-0.25, -0.2) is 9.18 Å². The third-order valence-corrected chi connectivity index (χ3v) is 5.94. The number of pyridine rings is 1. The highest BCUT2D eigenvalue weighted by Crippen LogP contribution is 2.27. The molecule has 0 radical (unpaired) electrons. The minimum atomic E-state index is -0.961. The second kappa shape index (κ2) is 12.3. The number of fused-ring (bicyclic) bond motifs is 1. The van der Waals surface area contributed by atoms with Crippen molar-refractivity contribution in [2.45, 2.75) is 39.8 Å². The van der Waals surface area contributed by atoms with Crippen LogP contribution in [-0.4, -0.2) is 43.6 Å². The number of carbonyl (C=O) groups excluding carboxylic acids is 2. The zero-order chi connectivity index (χ0) is 26.2. The molecule has 0 saturated carbocycles. The molecule has 1 unspecified atom stereocenters. The van der Waals surface area contributed by atoms with E-state index in [2.05, 4.69) is 11.9 Å². The number of methoxy groups -OCH3 is 1. The number of nitrogens with one attached hydrogen (secondary N) is 1. The SMILES string of the molecule is C=C(NCc1ccc(F)cc1C)c1cn2c(c(OCOC(=O)OCCCOC)c1=O)C(=O)C(C)CC2. The van der Waals surface area contributed by atoms with E-state index in [9.17, 15) is 18.8 Å². The van der Waals surface area contributed by atoms with Gasteiger partial charge in [-0.05, 0) is 36.6 Å². The highest BCUT2D eigenvalue weighted by atomic mass is 19.1. The van der Waals surface area contributed by atoms with Gasteiger partial charge in [0.1, 0.15) is 11.5 Å². The number of rotatable bonds is 11. The number of nitrogens with zero attached hydrogens (tertiary/aromatic N) is 1. The van der Waals surface area contributed by atoms with Crippen LogP contribution in [0.3, 0.4) is 0 Å². The average molecular weight is 503 g/mol. The van der Waals surface area contributed by atoms with Gasteiger partial charge in [0.25, 0.3) is 0 Å². The summed E-state index contributed by atoms with van der Waals surface area (Å²) in [4.78, 5) is 38.0. The zero-order valence-electron chi connectivity index (χ0n) is 20.7. The molecule has 0 spiro atoms. The number of Topliss-reactive ketones (excluding diaryl/α,β-unsaturated/α-hetero) is 1. The minimum absolute atomic E-state index is 0.106. The van der Waals surface area contributed by atoms with Crippen molar-refractivity contribution < 1.29 is 32.9 Å². The van der Waals surface area contributed by atoms with Crippen LogP contribution in [0.4, 0.5) is 9.18 Å². The van der Waals surface area contributed by atoms with Gasteiger partial charge in [0.2, 0.25) is 12.2 Å². The molecule has 0 bridgehead atoms. The number of hydrogen-bond acceptors (Lipinski definition) is 8. The molecule has 9 nitrogen and oxygen atoms in total. The lowest BCUT2D eigenvalue weighted by Gasteiger charge is -2.26. The molecule has 1 aliphatic rings. The summed E-state index contributed by atoms with van der Waals surface area (Å²) in [6, 6.07) is 4.45. The number of aromatic nitrogens is 1. The summed E-state index contributed by atoms with van der Waals surface area (Å²) in [6.45, 7) is 8.29. The monoisotopic (exact) mass is 502 g/mol. The third-order valence-electron chi connectivity index (χ3n) is 5.94. The Morgan fingerprint density at radius 2 is 2.03 bits per heavy atom. The van der Waals surface area contributed by atoms with Crippen molar-refractivity contribution in [3.63, 3.8) is 0 Å². The average Bonchev–Trinajstić information content (AvgIpc) is 2.84. The first-order valence-electron chi connectivity index (χ1n) is 11.6. The molecule has 1 aromatic carbocycles. The van der Waals surface area contributed by atoms with Gasteiger partial charge in [0, 0.05) is 51.0 Å². The summed E-state index contributed by atoms with van der Waals surface area (Å²) in [5.41, 5.74) is 1.68. The van der Waals surface area contributed by atoms with Crippen molar-refractivity contribution in [3.05, 3.63) is 69.4 Å². The van der Waals surface area contributed by atoms with Gasteiger partial charge in [-0.1, -0.05) is 19.6 Å². The first kappa shape index (κ1) is 26.9. The van der Waals surface area contributed by atoms with E-state index in [0.29, 0.717) is 38.2 Å². The van der Waals surface area contributed by atoms with Crippen molar-refractivity contribution in [1.82, 2.24) is 9.88 Å². The van der Waals surface area contributed by atoms with E-state index in [1.165, 1.54) is 19.2 Å². The van der Waals surface area contributed by atoms with Crippen molar-refractivity contribution in [3.8, 4) is 5.75 Å². The van der Waals surface area contributed by atoms with E-state index < -0.39 is 18.4 Å². The van der Waals surface area contributed by atoms with Gasteiger partial charge in [0.15, 0.2) is 11.5 Å². The quantitative estimate of drug-likeness (QED) is 0.281. The van der Waals surface area contributed by atoms with E-state index in [1.54, 1.807) is 30.7 Å². The molecule has 36 heavy (non-hydrogen) atoms. The number of halogens is 1. The number of carbonyl (C=O) groups is 2. The van der Waals surface area contributed by atoms with E-state index in [0.717, 1.165) is 11.1 Å². The molecule has 0 fully saturated rings. The summed E-state index contributed by atoms with van der Waals surface area (Å²) < 4.78 is 35.3. The molecule has 1 aliphatic heterocycles. The second-order valence-corrected chi connectivity index (χ2v) is 8.55. The lowest BCUT2D eigenvalue weighted by molar-refractivity contribution is 0.00112. The molecule has 3 rings (SSSR count).